The molecule has 0 radical (unpaired) electrons. The highest BCUT2D eigenvalue weighted by atomic mass is 35.5. The molecule has 0 unspecified atom stereocenters. The smallest absolute Gasteiger partial charge is 0.326 e. The average Bonchev–Trinajstić information content (AvgIpc) is 2.74. The Morgan fingerprint density at radius 3 is 2.74 bits per heavy atom. The largest absolute Gasteiger partial charge is 0.480 e. The first-order chi connectivity index (χ1) is 8.91. The molecule has 2 rings (SSSR count). The van der Waals surface area contributed by atoms with Gasteiger partial charge in [0.05, 0.1) is 16.7 Å². The van der Waals surface area contributed by atoms with Gasteiger partial charge in [0.2, 0.25) is 0 Å². The maximum atomic E-state index is 12.3. The highest BCUT2D eigenvalue weighted by Gasteiger charge is 2.39. The van der Waals surface area contributed by atoms with Crippen LogP contribution in [0.4, 0.5) is 0 Å². The molecule has 1 aromatic rings. The number of aliphatic hydroxyl groups is 1. The lowest BCUT2D eigenvalue weighted by Crippen LogP contribution is -2.40. The Labute approximate surface area is 115 Å². The molecule has 0 saturated carbocycles. The minimum absolute atomic E-state index is 0.0140. The molecule has 1 amide bonds. The molecule has 0 bridgehead atoms. The van der Waals surface area contributed by atoms with E-state index < -0.39 is 24.0 Å². The summed E-state index contributed by atoms with van der Waals surface area (Å²) in [5, 5.41) is 18.9. The van der Waals surface area contributed by atoms with Gasteiger partial charge in [0.25, 0.3) is 5.91 Å². The maximum Gasteiger partial charge on any atom is 0.326 e. The zero-order valence-corrected chi connectivity index (χ0v) is 11.1. The third kappa shape index (κ3) is 2.57. The number of aliphatic carboxylic acids is 1. The Hall–Kier alpha value is -1.59. The van der Waals surface area contributed by atoms with E-state index in [9.17, 15) is 14.7 Å². The molecular weight excluding hydrogens is 270 g/mol. The second-order valence-electron chi connectivity index (χ2n) is 4.64. The lowest BCUT2D eigenvalue weighted by atomic mass is 10.1. The second kappa shape index (κ2) is 5.19. The van der Waals surface area contributed by atoms with Gasteiger partial charge < -0.3 is 15.1 Å². The van der Waals surface area contributed by atoms with Gasteiger partial charge in [-0.1, -0.05) is 23.7 Å². The maximum absolute atomic E-state index is 12.3. The summed E-state index contributed by atoms with van der Waals surface area (Å²) in [6.45, 7) is 1.78. The van der Waals surface area contributed by atoms with Crippen LogP contribution in [0.5, 0.6) is 0 Å². The van der Waals surface area contributed by atoms with Crippen molar-refractivity contribution in [2.75, 3.05) is 6.54 Å². The number of likely N-dealkylation sites (tertiary alicyclic amines) is 1. The number of halogens is 1. The van der Waals surface area contributed by atoms with E-state index in [0.717, 1.165) is 10.5 Å². The van der Waals surface area contributed by atoms with Gasteiger partial charge in [-0.3, -0.25) is 4.79 Å². The standard InChI is InChI=1S/C13H14ClNO4/c1-7-3-2-4-9(11(7)14)12(17)15-6-8(16)5-10(15)13(18)19/h2-4,8,10,16H,5-6H2,1H3,(H,18,19)/t8-,10-/m0/s1. The molecule has 1 aromatic carbocycles. The van der Waals surface area contributed by atoms with Crippen molar-refractivity contribution in [3.8, 4) is 0 Å². The van der Waals surface area contributed by atoms with E-state index in [0.29, 0.717) is 5.02 Å². The van der Waals surface area contributed by atoms with Crippen LogP contribution < -0.4 is 0 Å². The van der Waals surface area contributed by atoms with Crippen LogP contribution in [0, 0.1) is 6.92 Å². The van der Waals surface area contributed by atoms with Crippen LogP contribution in [0.2, 0.25) is 5.02 Å². The number of benzene rings is 1. The number of aryl methyl sites for hydroxylation is 1. The number of hydrogen-bond acceptors (Lipinski definition) is 3. The van der Waals surface area contributed by atoms with E-state index in [4.69, 9.17) is 16.7 Å². The monoisotopic (exact) mass is 283 g/mol. The van der Waals surface area contributed by atoms with Gasteiger partial charge in [-0.15, -0.1) is 0 Å². The van der Waals surface area contributed by atoms with Crippen molar-refractivity contribution in [3.63, 3.8) is 0 Å². The number of β-amino-alcohol motifs (C(OH)–C–C–N with tert-alkyl or cyclic N) is 1. The Morgan fingerprint density at radius 2 is 2.11 bits per heavy atom. The zero-order chi connectivity index (χ0) is 14.2. The third-order valence-electron chi connectivity index (χ3n) is 3.25. The lowest BCUT2D eigenvalue weighted by Gasteiger charge is -2.22. The Balaban J connectivity index is 2.33. The van der Waals surface area contributed by atoms with Gasteiger partial charge in [-0.2, -0.15) is 0 Å². The normalized spacial score (nSPS) is 22.6. The molecule has 0 aromatic heterocycles. The van der Waals surface area contributed by atoms with E-state index in [1.54, 1.807) is 25.1 Å². The topological polar surface area (TPSA) is 77.8 Å². The summed E-state index contributed by atoms with van der Waals surface area (Å²) in [7, 11) is 0. The summed E-state index contributed by atoms with van der Waals surface area (Å²) in [6.07, 6.45) is -0.765. The van der Waals surface area contributed by atoms with Gasteiger partial charge in [-0.25, -0.2) is 4.79 Å². The van der Waals surface area contributed by atoms with Gasteiger partial charge >= 0.3 is 5.97 Å². The van der Waals surface area contributed by atoms with E-state index in [-0.39, 0.29) is 18.5 Å². The van der Waals surface area contributed by atoms with Crippen LogP contribution in [0.1, 0.15) is 22.3 Å². The Morgan fingerprint density at radius 1 is 1.42 bits per heavy atom. The van der Waals surface area contributed by atoms with Gasteiger partial charge in [-0.05, 0) is 18.6 Å². The molecule has 19 heavy (non-hydrogen) atoms. The van der Waals surface area contributed by atoms with Crippen molar-refractivity contribution >= 4 is 23.5 Å². The van der Waals surface area contributed by atoms with Crippen molar-refractivity contribution in [2.45, 2.75) is 25.5 Å². The number of carbonyl (C=O) groups is 2. The number of carbonyl (C=O) groups excluding carboxylic acids is 1. The van der Waals surface area contributed by atoms with Crippen molar-refractivity contribution in [1.29, 1.82) is 0 Å². The molecule has 102 valence electrons. The molecule has 1 saturated heterocycles. The van der Waals surface area contributed by atoms with E-state index in [1.165, 1.54) is 0 Å². The quantitative estimate of drug-likeness (QED) is 0.858. The number of rotatable bonds is 2. The SMILES string of the molecule is Cc1cccc(C(=O)N2C[C@@H](O)C[C@H]2C(=O)O)c1Cl. The Kier molecular flexibility index (Phi) is 3.78. The number of amides is 1. The Bertz CT molecular complexity index is 531. The van der Waals surface area contributed by atoms with Crippen molar-refractivity contribution < 1.29 is 19.8 Å². The highest BCUT2D eigenvalue weighted by Crippen LogP contribution is 2.26. The van der Waals surface area contributed by atoms with Crippen LogP contribution in [0.25, 0.3) is 0 Å². The summed E-state index contributed by atoms with van der Waals surface area (Å²) < 4.78 is 0. The van der Waals surface area contributed by atoms with Gasteiger partial charge in [0.1, 0.15) is 6.04 Å². The van der Waals surface area contributed by atoms with E-state index in [1.807, 2.05) is 0 Å². The zero-order valence-electron chi connectivity index (χ0n) is 10.3. The third-order valence-corrected chi connectivity index (χ3v) is 3.75. The minimum atomic E-state index is -1.12. The first kappa shape index (κ1) is 13.8. The van der Waals surface area contributed by atoms with Crippen LogP contribution in [0.15, 0.2) is 18.2 Å². The molecule has 2 N–H and O–H groups in total. The molecule has 1 aliphatic rings. The number of carboxylic acids is 1. The first-order valence-electron chi connectivity index (χ1n) is 5.88. The average molecular weight is 284 g/mol. The fourth-order valence-electron chi connectivity index (χ4n) is 2.24. The van der Waals surface area contributed by atoms with Crippen molar-refractivity contribution in [3.05, 3.63) is 34.3 Å². The van der Waals surface area contributed by atoms with Crippen LogP contribution in [-0.2, 0) is 4.79 Å². The van der Waals surface area contributed by atoms with Crippen molar-refractivity contribution in [2.24, 2.45) is 0 Å². The summed E-state index contributed by atoms with van der Waals surface area (Å²) in [6, 6.07) is 4.02. The second-order valence-corrected chi connectivity index (χ2v) is 5.02. The molecule has 1 aliphatic heterocycles. The highest BCUT2D eigenvalue weighted by molar-refractivity contribution is 6.34. The molecule has 0 aliphatic carbocycles. The minimum Gasteiger partial charge on any atom is -0.480 e. The molecule has 1 fully saturated rings. The molecule has 6 heteroatoms. The van der Waals surface area contributed by atoms with Crippen molar-refractivity contribution in [1.82, 2.24) is 4.90 Å². The molecular formula is C13H14ClNO4. The molecule has 5 nitrogen and oxygen atoms in total. The van der Waals surface area contributed by atoms with Crippen LogP contribution in [-0.4, -0.2) is 45.7 Å². The van der Waals surface area contributed by atoms with Gasteiger partial charge in [0, 0.05) is 13.0 Å². The van der Waals surface area contributed by atoms with Crippen LogP contribution in [0.3, 0.4) is 0 Å². The van der Waals surface area contributed by atoms with Gasteiger partial charge in [0.15, 0.2) is 0 Å². The first-order valence-corrected chi connectivity index (χ1v) is 6.26. The number of aliphatic hydroxyl groups excluding tert-OH is 1. The summed E-state index contributed by atoms with van der Waals surface area (Å²) in [5.41, 5.74) is 1.01. The molecule has 0 spiro atoms. The summed E-state index contributed by atoms with van der Waals surface area (Å²) in [4.78, 5) is 24.6. The van der Waals surface area contributed by atoms with E-state index in [2.05, 4.69) is 0 Å². The molecule has 2 atom stereocenters. The summed E-state index contributed by atoms with van der Waals surface area (Å²) in [5.74, 6) is -1.58. The van der Waals surface area contributed by atoms with Crippen LogP contribution >= 0.6 is 11.6 Å². The molecule has 1 heterocycles. The number of nitrogens with zero attached hydrogens (tertiary/aromatic N) is 1. The summed E-state index contributed by atoms with van der Waals surface area (Å²) >= 11 is 6.07. The lowest BCUT2D eigenvalue weighted by molar-refractivity contribution is -0.141. The van der Waals surface area contributed by atoms with E-state index >= 15 is 0 Å². The fourth-order valence-corrected chi connectivity index (χ4v) is 2.45. The predicted molar refractivity (Wildman–Crippen MR) is 69.3 cm³/mol. The fraction of sp³-hybridized carbons (Fsp3) is 0.385. The number of carboxylic acid groups (broad SMARTS) is 1. The number of hydrogen-bond donors (Lipinski definition) is 2. The predicted octanol–water partition coefficient (Wildman–Crippen LogP) is 1.31.